The number of nitriles is 1. The van der Waals surface area contributed by atoms with Crippen LogP contribution < -0.4 is 4.90 Å². The van der Waals surface area contributed by atoms with E-state index in [1.54, 1.807) is 0 Å². The molecule has 0 atom stereocenters. The third-order valence-corrected chi connectivity index (χ3v) is 2.76. The highest BCUT2D eigenvalue weighted by Crippen LogP contribution is 2.16. The van der Waals surface area contributed by atoms with Crippen LogP contribution in [-0.4, -0.2) is 38.6 Å². The average molecular weight is 245 g/mol. The van der Waals surface area contributed by atoms with Crippen molar-refractivity contribution in [3.05, 3.63) is 29.8 Å². The first-order valence-corrected chi connectivity index (χ1v) is 6.42. The van der Waals surface area contributed by atoms with E-state index in [1.165, 1.54) is 5.69 Å². The van der Waals surface area contributed by atoms with E-state index in [4.69, 9.17) is 5.26 Å². The summed E-state index contributed by atoms with van der Waals surface area (Å²) in [6, 6.07) is 10.0. The number of hydrogen-bond donors (Lipinski definition) is 0. The highest BCUT2D eigenvalue weighted by atomic mass is 15.2. The lowest BCUT2D eigenvalue weighted by atomic mass is 10.1. The maximum Gasteiger partial charge on any atom is 0.0991 e. The van der Waals surface area contributed by atoms with Crippen molar-refractivity contribution in [2.24, 2.45) is 5.92 Å². The Morgan fingerprint density at radius 3 is 2.17 bits per heavy atom. The van der Waals surface area contributed by atoms with Gasteiger partial charge < -0.3 is 9.80 Å². The van der Waals surface area contributed by atoms with Crippen LogP contribution in [0.1, 0.15) is 19.4 Å². The molecule has 0 heterocycles. The Balaban J connectivity index is 2.77. The summed E-state index contributed by atoms with van der Waals surface area (Å²) in [4.78, 5) is 4.57. The van der Waals surface area contributed by atoms with E-state index in [1.807, 2.05) is 24.3 Å². The number of hydrogen-bond acceptors (Lipinski definition) is 3. The van der Waals surface area contributed by atoms with Crippen molar-refractivity contribution in [3.63, 3.8) is 0 Å². The molecule has 0 aliphatic heterocycles. The molecule has 0 bridgehead atoms. The fourth-order valence-electron chi connectivity index (χ4n) is 1.83. The van der Waals surface area contributed by atoms with Crippen LogP contribution in [-0.2, 0) is 0 Å². The van der Waals surface area contributed by atoms with Gasteiger partial charge in [0.05, 0.1) is 11.6 Å². The quantitative estimate of drug-likeness (QED) is 0.771. The maximum atomic E-state index is 8.82. The van der Waals surface area contributed by atoms with E-state index in [2.05, 4.69) is 43.8 Å². The molecule has 0 saturated carbocycles. The highest BCUT2D eigenvalue weighted by molar-refractivity contribution is 5.49. The number of benzene rings is 1. The van der Waals surface area contributed by atoms with Gasteiger partial charge in [0.15, 0.2) is 0 Å². The predicted molar refractivity (Wildman–Crippen MR) is 76.8 cm³/mol. The summed E-state index contributed by atoms with van der Waals surface area (Å²) in [5.41, 5.74) is 1.92. The van der Waals surface area contributed by atoms with Crippen molar-refractivity contribution in [3.8, 4) is 6.07 Å². The number of rotatable bonds is 6. The van der Waals surface area contributed by atoms with Crippen LogP contribution in [0.2, 0.25) is 0 Å². The molecule has 1 rings (SSSR count). The molecule has 1 aromatic rings. The molecular formula is C15H23N3. The zero-order chi connectivity index (χ0) is 13.5. The van der Waals surface area contributed by atoms with Gasteiger partial charge in [0.25, 0.3) is 0 Å². The molecule has 18 heavy (non-hydrogen) atoms. The summed E-state index contributed by atoms with van der Waals surface area (Å²) >= 11 is 0. The fourth-order valence-corrected chi connectivity index (χ4v) is 1.83. The minimum Gasteiger partial charge on any atom is -0.370 e. The molecule has 0 N–H and O–H groups in total. The normalized spacial score (nSPS) is 10.7. The summed E-state index contributed by atoms with van der Waals surface area (Å²) in [6.45, 7) is 7.54. The van der Waals surface area contributed by atoms with Crippen LogP contribution in [0, 0.1) is 17.2 Å². The Hall–Kier alpha value is -1.53. The molecule has 3 heteroatoms. The molecule has 0 aliphatic rings. The van der Waals surface area contributed by atoms with Crippen molar-refractivity contribution in [2.45, 2.75) is 13.8 Å². The van der Waals surface area contributed by atoms with Gasteiger partial charge in [0.2, 0.25) is 0 Å². The zero-order valence-corrected chi connectivity index (χ0v) is 11.8. The van der Waals surface area contributed by atoms with Crippen molar-refractivity contribution in [1.29, 1.82) is 5.26 Å². The van der Waals surface area contributed by atoms with E-state index < -0.39 is 0 Å². The molecule has 0 saturated heterocycles. The Morgan fingerprint density at radius 1 is 1.11 bits per heavy atom. The number of nitrogens with zero attached hydrogens (tertiary/aromatic N) is 3. The van der Waals surface area contributed by atoms with Gasteiger partial charge in [-0.25, -0.2) is 0 Å². The first kappa shape index (κ1) is 14.5. The lowest BCUT2D eigenvalue weighted by Gasteiger charge is -2.28. The lowest BCUT2D eigenvalue weighted by molar-refractivity contribution is 0.409. The number of anilines is 1. The van der Waals surface area contributed by atoms with Crippen LogP contribution in [0.15, 0.2) is 24.3 Å². The van der Waals surface area contributed by atoms with Crippen LogP contribution in [0.3, 0.4) is 0 Å². The minimum absolute atomic E-state index is 0.628. The third kappa shape index (κ3) is 4.77. The predicted octanol–water partition coefficient (Wildman–Crippen LogP) is 2.58. The second kappa shape index (κ2) is 7.03. The van der Waals surface area contributed by atoms with E-state index >= 15 is 0 Å². The monoisotopic (exact) mass is 245 g/mol. The topological polar surface area (TPSA) is 30.3 Å². The molecule has 3 nitrogen and oxygen atoms in total. The lowest BCUT2D eigenvalue weighted by Crippen LogP contribution is -2.34. The third-order valence-electron chi connectivity index (χ3n) is 2.76. The summed E-state index contributed by atoms with van der Waals surface area (Å²) in [7, 11) is 4.18. The van der Waals surface area contributed by atoms with E-state index in [0.29, 0.717) is 5.92 Å². The first-order chi connectivity index (χ1) is 8.52. The van der Waals surface area contributed by atoms with Gasteiger partial charge in [-0.1, -0.05) is 13.8 Å². The average Bonchev–Trinajstić information content (AvgIpc) is 2.34. The van der Waals surface area contributed by atoms with Gasteiger partial charge >= 0.3 is 0 Å². The van der Waals surface area contributed by atoms with Gasteiger partial charge in [0.1, 0.15) is 0 Å². The van der Waals surface area contributed by atoms with Crippen molar-refractivity contribution < 1.29 is 0 Å². The second-order valence-corrected chi connectivity index (χ2v) is 5.30. The van der Waals surface area contributed by atoms with Gasteiger partial charge in [-0.05, 0) is 44.3 Å². The summed E-state index contributed by atoms with van der Waals surface area (Å²) in [5, 5.41) is 8.82. The largest absolute Gasteiger partial charge is 0.370 e. The standard InChI is InChI=1S/C15H23N3/c1-13(2)12-18(10-9-17(3)4)15-7-5-14(11-16)6-8-15/h5-8,13H,9-10,12H2,1-4H3. The fraction of sp³-hybridized carbons (Fsp3) is 0.533. The summed E-state index contributed by atoms with van der Waals surface area (Å²) in [6.07, 6.45) is 0. The molecule has 0 fully saturated rings. The Kier molecular flexibility index (Phi) is 5.67. The number of likely N-dealkylation sites (N-methyl/N-ethyl adjacent to an activating group) is 1. The van der Waals surface area contributed by atoms with Gasteiger partial charge in [0, 0.05) is 25.3 Å². The molecule has 0 unspecified atom stereocenters. The van der Waals surface area contributed by atoms with Crippen molar-refractivity contribution in [1.82, 2.24) is 4.90 Å². The Morgan fingerprint density at radius 2 is 1.72 bits per heavy atom. The molecule has 0 amide bonds. The van der Waals surface area contributed by atoms with E-state index in [9.17, 15) is 0 Å². The minimum atomic E-state index is 0.628. The smallest absolute Gasteiger partial charge is 0.0991 e. The zero-order valence-electron chi connectivity index (χ0n) is 11.8. The van der Waals surface area contributed by atoms with Crippen LogP contribution in [0.25, 0.3) is 0 Å². The summed E-state index contributed by atoms with van der Waals surface area (Å²) in [5.74, 6) is 0.628. The van der Waals surface area contributed by atoms with Gasteiger partial charge in [-0.3, -0.25) is 0 Å². The molecule has 0 aliphatic carbocycles. The Bertz CT molecular complexity index is 387. The van der Waals surface area contributed by atoms with Crippen molar-refractivity contribution in [2.75, 3.05) is 38.6 Å². The molecule has 98 valence electrons. The maximum absolute atomic E-state index is 8.82. The van der Waals surface area contributed by atoms with E-state index in [-0.39, 0.29) is 0 Å². The van der Waals surface area contributed by atoms with E-state index in [0.717, 1.165) is 25.2 Å². The molecule has 0 aromatic heterocycles. The van der Waals surface area contributed by atoms with Crippen LogP contribution >= 0.6 is 0 Å². The van der Waals surface area contributed by atoms with Crippen LogP contribution in [0.5, 0.6) is 0 Å². The van der Waals surface area contributed by atoms with Gasteiger partial charge in [-0.15, -0.1) is 0 Å². The highest BCUT2D eigenvalue weighted by Gasteiger charge is 2.08. The molecule has 0 radical (unpaired) electrons. The summed E-state index contributed by atoms with van der Waals surface area (Å²) < 4.78 is 0. The molecular weight excluding hydrogens is 222 g/mol. The van der Waals surface area contributed by atoms with Gasteiger partial charge in [-0.2, -0.15) is 5.26 Å². The molecule has 1 aromatic carbocycles. The van der Waals surface area contributed by atoms with Crippen molar-refractivity contribution >= 4 is 5.69 Å². The van der Waals surface area contributed by atoms with Crippen LogP contribution in [0.4, 0.5) is 5.69 Å². The first-order valence-electron chi connectivity index (χ1n) is 6.42. The molecule has 0 spiro atoms. The SMILES string of the molecule is CC(C)CN(CCN(C)C)c1ccc(C#N)cc1. The second-order valence-electron chi connectivity index (χ2n) is 5.30. The Labute approximate surface area is 111 Å².